The molecule has 23 heavy (non-hydrogen) atoms. The number of benzene rings is 2. The van der Waals surface area contributed by atoms with E-state index in [4.69, 9.17) is 4.74 Å². The van der Waals surface area contributed by atoms with Crippen molar-refractivity contribution in [3.05, 3.63) is 71.3 Å². The fourth-order valence-corrected chi connectivity index (χ4v) is 3.12. The molecule has 0 unspecified atom stereocenters. The maximum atomic E-state index is 12.4. The van der Waals surface area contributed by atoms with Crippen LogP contribution in [0, 0.1) is 0 Å². The molecule has 2 aromatic rings. The molecule has 0 saturated carbocycles. The number of rotatable bonds is 3. The lowest BCUT2D eigenvalue weighted by atomic mass is 9.85. The van der Waals surface area contributed by atoms with E-state index in [2.05, 4.69) is 6.07 Å². The summed E-state index contributed by atoms with van der Waals surface area (Å²) in [6.07, 6.45) is 0.493. The number of aliphatic hydroxyl groups excluding tert-OH is 1. The van der Waals surface area contributed by atoms with Crippen molar-refractivity contribution in [1.29, 1.82) is 0 Å². The Labute approximate surface area is 136 Å². The number of hydrogen-bond acceptors (Lipinski definition) is 3. The van der Waals surface area contributed by atoms with E-state index in [-0.39, 0.29) is 12.6 Å². The van der Waals surface area contributed by atoms with E-state index in [1.54, 1.807) is 7.05 Å². The van der Waals surface area contributed by atoms with Gasteiger partial charge in [0.25, 0.3) is 0 Å². The molecule has 120 valence electrons. The van der Waals surface area contributed by atoms with E-state index >= 15 is 0 Å². The number of likely N-dealkylation sites (N-methyl/N-ethyl adjacent to an activating group) is 1. The van der Waals surface area contributed by atoms with Gasteiger partial charge in [0.15, 0.2) is 0 Å². The van der Waals surface area contributed by atoms with Crippen LogP contribution in [0.3, 0.4) is 0 Å². The second kappa shape index (κ2) is 6.84. The first-order valence-corrected chi connectivity index (χ1v) is 7.86. The van der Waals surface area contributed by atoms with Crippen molar-refractivity contribution in [2.45, 2.75) is 31.6 Å². The van der Waals surface area contributed by atoms with Crippen LogP contribution >= 0.6 is 0 Å². The molecule has 1 N–H and O–H groups in total. The van der Waals surface area contributed by atoms with Crippen LogP contribution < -0.4 is 0 Å². The normalized spacial score (nSPS) is 19.7. The van der Waals surface area contributed by atoms with E-state index < -0.39 is 12.2 Å². The molecule has 0 bridgehead atoms. The Morgan fingerprint density at radius 1 is 1.17 bits per heavy atom. The molecule has 2 aromatic carbocycles. The zero-order chi connectivity index (χ0) is 16.2. The summed E-state index contributed by atoms with van der Waals surface area (Å²) < 4.78 is 5.38. The second-order valence-electron chi connectivity index (χ2n) is 5.90. The van der Waals surface area contributed by atoms with Gasteiger partial charge < -0.3 is 14.7 Å². The van der Waals surface area contributed by atoms with Gasteiger partial charge in [-0.15, -0.1) is 0 Å². The fourth-order valence-electron chi connectivity index (χ4n) is 3.12. The SMILES string of the molecule is CN(C(=O)OCc1ccccc1)[C@H]1c2ccccc2CC[C@@H]1O. The first-order valence-electron chi connectivity index (χ1n) is 7.86. The van der Waals surface area contributed by atoms with Crippen LogP contribution in [0.5, 0.6) is 0 Å². The number of ether oxygens (including phenoxy) is 1. The highest BCUT2D eigenvalue weighted by Crippen LogP contribution is 2.34. The van der Waals surface area contributed by atoms with Crippen LogP contribution in [0.4, 0.5) is 4.79 Å². The van der Waals surface area contributed by atoms with E-state index in [9.17, 15) is 9.90 Å². The van der Waals surface area contributed by atoms with Crippen molar-refractivity contribution in [1.82, 2.24) is 4.90 Å². The predicted octanol–water partition coefficient (Wildman–Crippen LogP) is 3.30. The van der Waals surface area contributed by atoms with Gasteiger partial charge in [-0.25, -0.2) is 4.79 Å². The van der Waals surface area contributed by atoms with Crippen LogP contribution in [-0.2, 0) is 17.8 Å². The first-order chi connectivity index (χ1) is 11.2. The summed E-state index contributed by atoms with van der Waals surface area (Å²) in [5.74, 6) is 0. The first kappa shape index (κ1) is 15.6. The molecular formula is C19H21NO3. The smallest absolute Gasteiger partial charge is 0.410 e. The Balaban J connectivity index is 1.71. The van der Waals surface area contributed by atoms with Gasteiger partial charge in [-0.2, -0.15) is 0 Å². The Bertz CT molecular complexity index is 671. The van der Waals surface area contributed by atoms with Crippen molar-refractivity contribution >= 4 is 6.09 Å². The maximum absolute atomic E-state index is 12.4. The van der Waals surface area contributed by atoms with Gasteiger partial charge in [0, 0.05) is 7.05 Å². The number of amides is 1. The summed E-state index contributed by atoms with van der Waals surface area (Å²) in [5.41, 5.74) is 3.13. The Morgan fingerprint density at radius 3 is 2.65 bits per heavy atom. The molecular weight excluding hydrogens is 290 g/mol. The molecule has 1 amide bonds. The van der Waals surface area contributed by atoms with E-state index in [1.807, 2.05) is 48.5 Å². The molecule has 0 heterocycles. The number of aryl methyl sites for hydroxylation is 1. The van der Waals surface area contributed by atoms with Crippen molar-refractivity contribution in [2.75, 3.05) is 7.05 Å². The maximum Gasteiger partial charge on any atom is 0.410 e. The Morgan fingerprint density at radius 2 is 1.87 bits per heavy atom. The molecule has 0 radical (unpaired) electrons. The minimum absolute atomic E-state index is 0.231. The van der Waals surface area contributed by atoms with Crippen LogP contribution in [0.2, 0.25) is 0 Å². The number of carbonyl (C=O) groups is 1. The van der Waals surface area contributed by atoms with Gasteiger partial charge >= 0.3 is 6.09 Å². The zero-order valence-corrected chi connectivity index (χ0v) is 13.2. The highest BCUT2D eigenvalue weighted by Gasteiger charge is 2.33. The highest BCUT2D eigenvalue weighted by molar-refractivity contribution is 5.68. The lowest BCUT2D eigenvalue weighted by Crippen LogP contribution is -2.41. The van der Waals surface area contributed by atoms with Gasteiger partial charge in [0.05, 0.1) is 12.1 Å². The quantitative estimate of drug-likeness (QED) is 0.946. The summed E-state index contributed by atoms with van der Waals surface area (Å²) in [6.45, 7) is 0.231. The Hall–Kier alpha value is -2.33. The lowest BCUT2D eigenvalue weighted by Gasteiger charge is -2.36. The third kappa shape index (κ3) is 3.37. The van der Waals surface area contributed by atoms with Crippen LogP contribution in [0.1, 0.15) is 29.2 Å². The van der Waals surface area contributed by atoms with Gasteiger partial charge in [0.2, 0.25) is 0 Å². The average Bonchev–Trinajstić information content (AvgIpc) is 2.60. The summed E-state index contributed by atoms with van der Waals surface area (Å²) >= 11 is 0. The predicted molar refractivity (Wildman–Crippen MR) is 87.9 cm³/mol. The third-order valence-corrected chi connectivity index (χ3v) is 4.36. The molecule has 0 aromatic heterocycles. The molecule has 1 aliphatic carbocycles. The number of fused-ring (bicyclic) bond motifs is 1. The van der Waals surface area contributed by atoms with Crippen LogP contribution in [-0.4, -0.2) is 29.3 Å². The average molecular weight is 311 g/mol. The Kier molecular flexibility index (Phi) is 4.63. The summed E-state index contributed by atoms with van der Waals surface area (Å²) in [5, 5.41) is 10.4. The van der Waals surface area contributed by atoms with Crippen LogP contribution in [0.15, 0.2) is 54.6 Å². The lowest BCUT2D eigenvalue weighted by molar-refractivity contribution is 0.0328. The van der Waals surface area contributed by atoms with Crippen molar-refractivity contribution in [3.63, 3.8) is 0 Å². The summed E-state index contributed by atoms with van der Waals surface area (Å²) in [4.78, 5) is 13.9. The van der Waals surface area contributed by atoms with E-state index in [0.29, 0.717) is 6.42 Å². The van der Waals surface area contributed by atoms with Crippen molar-refractivity contribution in [2.24, 2.45) is 0 Å². The minimum atomic E-state index is -0.570. The molecule has 0 spiro atoms. The van der Waals surface area contributed by atoms with Crippen molar-refractivity contribution in [3.8, 4) is 0 Å². The number of carbonyl (C=O) groups excluding carboxylic acids is 1. The molecule has 1 aliphatic rings. The van der Waals surface area contributed by atoms with Crippen molar-refractivity contribution < 1.29 is 14.6 Å². The minimum Gasteiger partial charge on any atom is -0.445 e. The van der Waals surface area contributed by atoms with Gasteiger partial charge in [-0.05, 0) is 29.5 Å². The monoisotopic (exact) mass is 311 g/mol. The van der Waals surface area contributed by atoms with E-state index in [0.717, 1.165) is 17.5 Å². The molecule has 0 fully saturated rings. The molecule has 4 nitrogen and oxygen atoms in total. The third-order valence-electron chi connectivity index (χ3n) is 4.36. The molecule has 0 saturated heterocycles. The zero-order valence-electron chi connectivity index (χ0n) is 13.2. The standard InChI is InChI=1S/C19H21NO3/c1-20(19(22)23-13-14-7-3-2-4-8-14)18-16-10-6-5-9-15(16)11-12-17(18)21/h2-10,17-18,21H,11-13H2,1H3/t17-,18-/m0/s1. The molecule has 3 rings (SSSR count). The van der Waals surface area contributed by atoms with Crippen LogP contribution in [0.25, 0.3) is 0 Å². The number of nitrogens with zero attached hydrogens (tertiary/aromatic N) is 1. The highest BCUT2D eigenvalue weighted by atomic mass is 16.6. The topological polar surface area (TPSA) is 49.8 Å². The molecule has 4 heteroatoms. The summed E-state index contributed by atoms with van der Waals surface area (Å²) in [7, 11) is 1.68. The second-order valence-corrected chi connectivity index (χ2v) is 5.90. The van der Waals surface area contributed by atoms with E-state index in [1.165, 1.54) is 10.5 Å². The molecule has 0 aliphatic heterocycles. The van der Waals surface area contributed by atoms with Gasteiger partial charge in [-0.3, -0.25) is 0 Å². The number of aliphatic hydroxyl groups is 1. The molecule has 2 atom stereocenters. The fraction of sp³-hybridized carbons (Fsp3) is 0.316. The summed E-state index contributed by atoms with van der Waals surface area (Å²) in [6, 6.07) is 17.2. The van der Waals surface area contributed by atoms with Gasteiger partial charge in [0.1, 0.15) is 6.61 Å². The van der Waals surface area contributed by atoms with Gasteiger partial charge in [-0.1, -0.05) is 54.6 Å². The largest absolute Gasteiger partial charge is 0.445 e. The number of hydrogen-bond donors (Lipinski definition) is 1.